The van der Waals surface area contributed by atoms with Gasteiger partial charge in [-0.2, -0.15) is 0 Å². The molecule has 23 heavy (non-hydrogen) atoms. The van der Waals surface area contributed by atoms with Crippen LogP contribution in [-0.2, 0) is 0 Å². The van der Waals surface area contributed by atoms with Crippen LogP contribution in [0.1, 0.15) is 26.3 Å². The molecule has 0 aliphatic heterocycles. The van der Waals surface area contributed by atoms with Crippen molar-refractivity contribution in [2.45, 2.75) is 6.92 Å². The van der Waals surface area contributed by atoms with Crippen LogP contribution in [0.4, 0.5) is 5.69 Å². The van der Waals surface area contributed by atoms with Gasteiger partial charge in [0.2, 0.25) is 0 Å². The molecule has 2 aromatic rings. The third-order valence-electron chi connectivity index (χ3n) is 3.05. The van der Waals surface area contributed by atoms with Crippen molar-refractivity contribution in [1.82, 2.24) is 10.9 Å². The molecule has 0 radical (unpaired) electrons. The second kappa shape index (κ2) is 6.89. The number of carbonyl (C=O) groups is 2. The van der Waals surface area contributed by atoms with E-state index in [1.54, 1.807) is 12.1 Å². The molecule has 0 saturated heterocycles. The first-order valence-electron chi connectivity index (χ1n) is 6.50. The first kappa shape index (κ1) is 16.4. The number of nitro groups is 1. The normalized spacial score (nSPS) is 10.0. The highest BCUT2D eigenvalue weighted by Crippen LogP contribution is 2.18. The molecule has 2 rings (SSSR count). The predicted octanol–water partition coefficient (Wildman–Crippen LogP) is 2.63. The lowest BCUT2D eigenvalue weighted by atomic mass is 10.1. The van der Waals surface area contributed by atoms with E-state index in [9.17, 15) is 19.7 Å². The minimum Gasteiger partial charge on any atom is -0.267 e. The summed E-state index contributed by atoms with van der Waals surface area (Å²) in [5, 5.41) is 11.2. The van der Waals surface area contributed by atoms with Crippen LogP contribution < -0.4 is 10.9 Å². The van der Waals surface area contributed by atoms with Crippen LogP contribution in [-0.4, -0.2) is 16.7 Å². The fraction of sp³-hybridized carbons (Fsp3) is 0.0667. The zero-order valence-electron chi connectivity index (χ0n) is 12.0. The average Bonchev–Trinajstić information content (AvgIpc) is 2.52. The Hall–Kier alpha value is -2.93. The number of benzene rings is 2. The Balaban J connectivity index is 2.02. The van der Waals surface area contributed by atoms with E-state index in [2.05, 4.69) is 10.9 Å². The van der Waals surface area contributed by atoms with Crippen LogP contribution in [0.15, 0.2) is 42.5 Å². The molecule has 2 N–H and O–H groups in total. The van der Waals surface area contributed by atoms with Crippen LogP contribution in [0.25, 0.3) is 0 Å². The van der Waals surface area contributed by atoms with Crippen molar-refractivity contribution in [3.8, 4) is 0 Å². The Kier molecular flexibility index (Phi) is 4.92. The van der Waals surface area contributed by atoms with Gasteiger partial charge in [0.1, 0.15) is 0 Å². The van der Waals surface area contributed by atoms with Gasteiger partial charge in [0.15, 0.2) is 0 Å². The van der Waals surface area contributed by atoms with E-state index >= 15 is 0 Å². The van der Waals surface area contributed by atoms with Gasteiger partial charge in [0.25, 0.3) is 17.5 Å². The zero-order valence-corrected chi connectivity index (χ0v) is 12.8. The van der Waals surface area contributed by atoms with Crippen LogP contribution in [0.3, 0.4) is 0 Å². The highest BCUT2D eigenvalue weighted by atomic mass is 35.5. The molecule has 8 heteroatoms. The Morgan fingerprint density at radius 3 is 2.04 bits per heavy atom. The monoisotopic (exact) mass is 333 g/mol. The Morgan fingerprint density at radius 2 is 1.52 bits per heavy atom. The highest BCUT2D eigenvalue weighted by molar-refractivity contribution is 6.30. The number of nitrogens with one attached hydrogen (secondary N) is 2. The van der Waals surface area contributed by atoms with Crippen molar-refractivity contribution in [3.05, 3.63) is 74.3 Å². The van der Waals surface area contributed by atoms with Crippen LogP contribution in [0, 0.1) is 17.0 Å². The molecule has 0 unspecified atom stereocenters. The number of rotatable bonds is 3. The van der Waals surface area contributed by atoms with E-state index in [0.717, 1.165) is 0 Å². The molecule has 118 valence electrons. The molecule has 0 aromatic heterocycles. The third kappa shape index (κ3) is 4.04. The number of carbonyl (C=O) groups excluding carboxylic acids is 2. The molecule has 0 aliphatic rings. The summed E-state index contributed by atoms with van der Waals surface area (Å²) in [4.78, 5) is 34.0. The van der Waals surface area contributed by atoms with Gasteiger partial charge in [-0.05, 0) is 43.3 Å². The molecule has 0 atom stereocenters. The Morgan fingerprint density at radius 1 is 1.00 bits per heavy atom. The minimum absolute atomic E-state index is 0.0771. The van der Waals surface area contributed by atoms with Crippen molar-refractivity contribution in [2.75, 3.05) is 0 Å². The number of nitro benzene ring substituents is 1. The number of hydrogen-bond donors (Lipinski definition) is 2. The third-order valence-corrected chi connectivity index (χ3v) is 3.30. The number of amides is 2. The maximum absolute atomic E-state index is 12.0. The summed E-state index contributed by atoms with van der Waals surface area (Å²) in [6.45, 7) is 1.53. The maximum atomic E-state index is 12.0. The SMILES string of the molecule is Cc1cc(C(=O)NNC(=O)c2ccc(Cl)cc2)ccc1[N+](=O)[O-]. The second-order valence-electron chi connectivity index (χ2n) is 4.67. The molecule has 0 spiro atoms. The van der Waals surface area contributed by atoms with Crippen LogP contribution >= 0.6 is 11.6 Å². The topological polar surface area (TPSA) is 101 Å². The average molecular weight is 334 g/mol. The molecule has 2 amide bonds. The van der Waals surface area contributed by atoms with Gasteiger partial charge in [-0.15, -0.1) is 0 Å². The number of nitrogens with zero attached hydrogens (tertiary/aromatic N) is 1. The molecule has 0 aliphatic carbocycles. The molecule has 2 aromatic carbocycles. The van der Waals surface area contributed by atoms with Gasteiger partial charge in [0.05, 0.1) is 4.92 Å². The smallest absolute Gasteiger partial charge is 0.267 e. The van der Waals surface area contributed by atoms with Crippen LogP contribution in [0.2, 0.25) is 5.02 Å². The molecular weight excluding hydrogens is 322 g/mol. The quantitative estimate of drug-likeness (QED) is 0.665. The largest absolute Gasteiger partial charge is 0.272 e. The fourth-order valence-corrected chi connectivity index (χ4v) is 1.99. The lowest BCUT2D eigenvalue weighted by molar-refractivity contribution is -0.385. The molecule has 0 fully saturated rings. The summed E-state index contributed by atoms with van der Waals surface area (Å²) in [5.74, 6) is -1.08. The molecule has 7 nitrogen and oxygen atoms in total. The van der Waals surface area contributed by atoms with E-state index in [1.165, 1.54) is 37.3 Å². The van der Waals surface area contributed by atoms with Gasteiger partial charge in [0, 0.05) is 27.8 Å². The van der Waals surface area contributed by atoms with Gasteiger partial charge in [-0.25, -0.2) is 0 Å². The summed E-state index contributed by atoms with van der Waals surface area (Å²) in [5.41, 5.74) is 5.31. The standard InChI is InChI=1S/C15H12ClN3O4/c1-9-8-11(4-7-13(9)19(22)23)15(21)18-17-14(20)10-2-5-12(16)6-3-10/h2-8H,1H3,(H,17,20)(H,18,21). The second-order valence-corrected chi connectivity index (χ2v) is 5.11. The summed E-state index contributed by atoms with van der Waals surface area (Å²) >= 11 is 5.72. The number of hydrogen-bond acceptors (Lipinski definition) is 4. The molecule has 0 heterocycles. The van der Waals surface area contributed by atoms with Gasteiger partial charge >= 0.3 is 0 Å². The van der Waals surface area contributed by atoms with Gasteiger partial charge in [-0.1, -0.05) is 11.6 Å². The van der Waals surface area contributed by atoms with E-state index < -0.39 is 16.7 Å². The van der Waals surface area contributed by atoms with Crippen molar-refractivity contribution < 1.29 is 14.5 Å². The number of hydrazine groups is 1. The molecule has 0 saturated carbocycles. The number of aryl methyl sites for hydroxylation is 1. The Labute approximate surface area is 136 Å². The van der Waals surface area contributed by atoms with E-state index in [4.69, 9.17) is 11.6 Å². The summed E-state index contributed by atoms with van der Waals surface area (Å²) in [7, 11) is 0. The van der Waals surface area contributed by atoms with E-state index in [-0.39, 0.29) is 11.3 Å². The lowest BCUT2D eigenvalue weighted by Crippen LogP contribution is -2.41. The zero-order chi connectivity index (χ0) is 17.0. The van der Waals surface area contributed by atoms with Crippen molar-refractivity contribution in [1.29, 1.82) is 0 Å². The van der Waals surface area contributed by atoms with Crippen molar-refractivity contribution in [3.63, 3.8) is 0 Å². The summed E-state index contributed by atoms with van der Waals surface area (Å²) < 4.78 is 0. The Bertz CT molecular complexity index is 775. The van der Waals surface area contributed by atoms with Crippen LogP contribution in [0.5, 0.6) is 0 Å². The van der Waals surface area contributed by atoms with Crippen molar-refractivity contribution in [2.24, 2.45) is 0 Å². The predicted molar refractivity (Wildman–Crippen MR) is 84.2 cm³/mol. The molecule has 0 bridgehead atoms. The summed E-state index contributed by atoms with van der Waals surface area (Å²) in [6.07, 6.45) is 0. The summed E-state index contributed by atoms with van der Waals surface area (Å²) in [6, 6.07) is 10.1. The van der Waals surface area contributed by atoms with E-state index in [1.807, 2.05) is 0 Å². The molecular formula is C15H12ClN3O4. The van der Waals surface area contributed by atoms with Gasteiger partial charge in [-0.3, -0.25) is 30.6 Å². The fourth-order valence-electron chi connectivity index (χ4n) is 1.86. The lowest BCUT2D eigenvalue weighted by Gasteiger charge is -2.08. The first-order valence-corrected chi connectivity index (χ1v) is 6.87. The van der Waals surface area contributed by atoms with E-state index in [0.29, 0.717) is 16.1 Å². The maximum Gasteiger partial charge on any atom is 0.272 e. The van der Waals surface area contributed by atoms with Gasteiger partial charge < -0.3 is 0 Å². The minimum atomic E-state index is -0.578. The number of halogens is 1. The van der Waals surface area contributed by atoms with Crippen molar-refractivity contribution >= 4 is 29.1 Å². The highest BCUT2D eigenvalue weighted by Gasteiger charge is 2.14. The first-order chi connectivity index (χ1) is 10.9.